The minimum absolute atomic E-state index is 0.0170. The third-order valence-corrected chi connectivity index (χ3v) is 5.09. The largest absolute Gasteiger partial charge is 0.350 e. The van der Waals surface area contributed by atoms with Crippen LogP contribution in [0.3, 0.4) is 0 Å². The van der Waals surface area contributed by atoms with Gasteiger partial charge in [-0.15, -0.1) is 0 Å². The lowest BCUT2D eigenvalue weighted by Crippen LogP contribution is -2.32. The number of sulfonamides is 1. The van der Waals surface area contributed by atoms with E-state index in [0.717, 1.165) is 5.56 Å². The number of benzene rings is 2. The topological polar surface area (TPSA) is 99.1 Å². The number of nitrogens with zero attached hydrogens (tertiary/aromatic N) is 1. The minimum Gasteiger partial charge on any atom is -0.350 e. The summed E-state index contributed by atoms with van der Waals surface area (Å²) in [7, 11) is -3.60. The van der Waals surface area contributed by atoms with Gasteiger partial charge in [0.15, 0.2) is 0 Å². The summed E-state index contributed by atoms with van der Waals surface area (Å²) in [5.41, 5.74) is 1.43. The van der Waals surface area contributed by atoms with E-state index in [1.807, 2.05) is 13.0 Å². The monoisotopic (exact) mass is 357 g/mol. The molecule has 2 rings (SSSR count). The first-order valence-electron chi connectivity index (χ1n) is 7.76. The molecule has 0 radical (unpaired) electrons. The zero-order chi connectivity index (χ0) is 18.3. The second kappa shape index (κ2) is 8.42. The number of rotatable bonds is 7. The Morgan fingerprint density at radius 3 is 2.36 bits per heavy atom. The fourth-order valence-corrected chi connectivity index (χ4v) is 3.28. The summed E-state index contributed by atoms with van der Waals surface area (Å²) in [6, 6.07) is 16.7. The SMILES string of the molecule is CC(NC(=O)CCNS(=O)(=O)c1ccccc1)c1ccc(C#N)cc1. The van der Waals surface area contributed by atoms with E-state index in [4.69, 9.17) is 5.26 Å². The van der Waals surface area contributed by atoms with Crippen molar-refractivity contribution in [2.75, 3.05) is 6.54 Å². The molecule has 0 aliphatic carbocycles. The van der Waals surface area contributed by atoms with Gasteiger partial charge in [-0.25, -0.2) is 13.1 Å². The van der Waals surface area contributed by atoms with Gasteiger partial charge in [0.2, 0.25) is 15.9 Å². The molecule has 0 aliphatic rings. The number of amides is 1. The lowest BCUT2D eigenvalue weighted by atomic mass is 10.1. The number of hydrogen-bond donors (Lipinski definition) is 2. The van der Waals surface area contributed by atoms with Crippen LogP contribution in [0.2, 0.25) is 0 Å². The Kier molecular flexibility index (Phi) is 6.28. The van der Waals surface area contributed by atoms with Gasteiger partial charge in [-0.1, -0.05) is 30.3 Å². The van der Waals surface area contributed by atoms with E-state index in [1.54, 1.807) is 42.5 Å². The Hall–Kier alpha value is -2.69. The van der Waals surface area contributed by atoms with Crippen LogP contribution in [0.4, 0.5) is 0 Å². The smallest absolute Gasteiger partial charge is 0.240 e. The van der Waals surface area contributed by atoms with Crippen molar-refractivity contribution in [2.24, 2.45) is 0 Å². The van der Waals surface area contributed by atoms with E-state index < -0.39 is 10.0 Å². The van der Waals surface area contributed by atoms with Crippen molar-refractivity contribution < 1.29 is 13.2 Å². The van der Waals surface area contributed by atoms with Crippen LogP contribution in [0.1, 0.15) is 30.5 Å². The van der Waals surface area contributed by atoms with Gasteiger partial charge in [0.05, 0.1) is 22.6 Å². The predicted octanol–water partition coefficient (Wildman–Crippen LogP) is 2.10. The highest BCUT2D eigenvalue weighted by Crippen LogP contribution is 2.13. The number of carbonyl (C=O) groups is 1. The first-order chi connectivity index (χ1) is 11.9. The van der Waals surface area contributed by atoms with Crippen molar-refractivity contribution in [3.63, 3.8) is 0 Å². The van der Waals surface area contributed by atoms with E-state index >= 15 is 0 Å². The van der Waals surface area contributed by atoms with Gasteiger partial charge >= 0.3 is 0 Å². The third-order valence-electron chi connectivity index (χ3n) is 3.61. The minimum atomic E-state index is -3.60. The second-order valence-corrected chi connectivity index (χ2v) is 7.25. The molecule has 2 aromatic carbocycles. The van der Waals surface area contributed by atoms with Gasteiger partial charge in [0.25, 0.3) is 0 Å². The molecule has 0 aromatic heterocycles. The molecule has 1 atom stereocenters. The summed E-state index contributed by atoms with van der Waals surface area (Å²) in [5, 5.41) is 11.6. The first kappa shape index (κ1) is 18.6. The zero-order valence-electron chi connectivity index (χ0n) is 13.8. The lowest BCUT2D eigenvalue weighted by Gasteiger charge is -2.14. The fraction of sp³-hybridized carbons (Fsp3) is 0.222. The van der Waals surface area contributed by atoms with E-state index in [2.05, 4.69) is 10.0 Å². The summed E-state index contributed by atoms with van der Waals surface area (Å²) < 4.78 is 26.5. The molecule has 0 heterocycles. The van der Waals surface area contributed by atoms with Gasteiger partial charge in [-0.3, -0.25) is 4.79 Å². The lowest BCUT2D eigenvalue weighted by molar-refractivity contribution is -0.121. The predicted molar refractivity (Wildman–Crippen MR) is 94.0 cm³/mol. The van der Waals surface area contributed by atoms with Crippen molar-refractivity contribution in [2.45, 2.75) is 24.3 Å². The van der Waals surface area contributed by atoms with Gasteiger partial charge < -0.3 is 5.32 Å². The molecule has 25 heavy (non-hydrogen) atoms. The van der Waals surface area contributed by atoms with Crippen LogP contribution in [-0.2, 0) is 14.8 Å². The van der Waals surface area contributed by atoms with Gasteiger partial charge in [0.1, 0.15) is 0 Å². The normalized spacial score (nSPS) is 12.2. The number of hydrogen-bond acceptors (Lipinski definition) is 4. The summed E-state index contributed by atoms with van der Waals surface area (Å²) in [6.45, 7) is 1.84. The van der Waals surface area contributed by atoms with Crippen LogP contribution < -0.4 is 10.0 Å². The molecule has 0 saturated heterocycles. The number of nitriles is 1. The first-order valence-corrected chi connectivity index (χ1v) is 9.25. The van der Waals surface area contributed by atoms with Crippen LogP contribution in [0.5, 0.6) is 0 Å². The van der Waals surface area contributed by atoms with Crippen LogP contribution in [0.25, 0.3) is 0 Å². The molecule has 6 nitrogen and oxygen atoms in total. The Morgan fingerprint density at radius 1 is 1.12 bits per heavy atom. The van der Waals surface area contributed by atoms with Crippen molar-refractivity contribution in [3.8, 4) is 6.07 Å². The molecule has 0 fully saturated rings. The van der Waals surface area contributed by atoms with Crippen molar-refractivity contribution >= 4 is 15.9 Å². The fourth-order valence-electron chi connectivity index (χ4n) is 2.23. The Bertz CT molecular complexity index is 857. The molecule has 2 N–H and O–H groups in total. The highest BCUT2D eigenvalue weighted by atomic mass is 32.2. The van der Waals surface area contributed by atoms with Crippen molar-refractivity contribution in [1.29, 1.82) is 5.26 Å². The van der Waals surface area contributed by atoms with Crippen LogP contribution in [-0.4, -0.2) is 20.9 Å². The molecule has 2 aromatic rings. The van der Waals surface area contributed by atoms with E-state index in [1.165, 1.54) is 12.1 Å². The Morgan fingerprint density at radius 2 is 1.76 bits per heavy atom. The average Bonchev–Trinajstić information content (AvgIpc) is 2.62. The summed E-state index contributed by atoms with van der Waals surface area (Å²) in [6.07, 6.45) is 0.0344. The summed E-state index contributed by atoms with van der Waals surface area (Å²) in [5.74, 6) is -0.257. The van der Waals surface area contributed by atoms with E-state index in [-0.39, 0.29) is 29.8 Å². The van der Waals surface area contributed by atoms with Crippen molar-refractivity contribution in [3.05, 3.63) is 65.7 Å². The maximum absolute atomic E-state index is 12.0. The Labute approximate surface area is 147 Å². The van der Waals surface area contributed by atoms with Crippen LogP contribution >= 0.6 is 0 Å². The van der Waals surface area contributed by atoms with E-state index in [9.17, 15) is 13.2 Å². The second-order valence-electron chi connectivity index (χ2n) is 5.48. The standard InChI is InChI=1S/C18H19N3O3S/c1-14(16-9-7-15(13-19)8-10-16)21-18(22)11-12-20-25(23,24)17-5-3-2-4-6-17/h2-10,14,20H,11-12H2,1H3,(H,21,22). The highest BCUT2D eigenvalue weighted by Gasteiger charge is 2.14. The van der Waals surface area contributed by atoms with Crippen LogP contribution in [0.15, 0.2) is 59.5 Å². The summed E-state index contributed by atoms with van der Waals surface area (Å²) >= 11 is 0. The molecule has 0 spiro atoms. The van der Waals surface area contributed by atoms with Gasteiger partial charge in [0, 0.05) is 13.0 Å². The molecule has 0 bridgehead atoms. The van der Waals surface area contributed by atoms with Gasteiger partial charge in [-0.05, 0) is 36.8 Å². The molecule has 130 valence electrons. The summed E-state index contributed by atoms with van der Waals surface area (Å²) in [4.78, 5) is 12.1. The highest BCUT2D eigenvalue weighted by molar-refractivity contribution is 7.89. The molecular formula is C18H19N3O3S. The zero-order valence-corrected chi connectivity index (χ0v) is 14.6. The molecule has 1 unspecified atom stereocenters. The molecule has 0 aliphatic heterocycles. The third kappa shape index (κ3) is 5.41. The van der Waals surface area contributed by atoms with Crippen molar-refractivity contribution in [1.82, 2.24) is 10.0 Å². The maximum atomic E-state index is 12.0. The molecular weight excluding hydrogens is 338 g/mol. The number of carbonyl (C=O) groups excluding carboxylic acids is 1. The Balaban J connectivity index is 1.83. The molecule has 0 saturated carbocycles. The molecule has 7 heteroatoms. The maximum Gasteiger partial charge on any atom is 0.240 e. The van der Waals surface area contributed by atoms with Gasteiger partial charge in [-0.2, -0.15) is 5.26 Å². The number of nitrogens with one attached hydrogen (secondary N) is 2. The van der Waals surface area contributed by atoms with E-state index in [0.29, 0.717) is 5.56 Å². The average molecular weight is 357 g/mol. The van der Waals surface area contributed by atoms with Crippen LogP contribution in [0, 0.1) is 11.3 Å². The quantitative estimate of drug-likeness (QED) is 0.793. The molecule has 1 amide bonds.